The van der Waals surface area contributed by atoms with Gasteiger partial charge in [-0.05, 0) is 30.3 Å². The van der Waals surface area contributed by atoms with Crippen molar-refractivity contribution in [1.82, 2.24) is 4.98 Å². The summed E-state index contributed by atoms with van der Waals surface area (Å²) in [5.74, 6) is -0.652. The minimum absolute atomic E-state index is 0.236. The summed E-state index contributed by atoms with van der Waals surface area (Å²) in [6.45, 7) is 0. The lowest BCUT2D eigenvalue weighted by Gasteiger charge is -2.09. The molecule has 0 radical (unpaired) electrons. The smallest absolute Gasteiger partial charge is 0.417 e. The highest BCUT2D eigenvalue weighted by atomic mass is 35.5. The van der Waals surface area contributed by atoms with Gasteiger partial charge in [0.2, 0.25) is 0 Å². The molecule has 3 aromatic rings. The fourth-order valence-electron chi connectivity index (χ4n) is 2.12. The van der Waals surface area contributed by atoms with Crippen molar-refractivity contribution < 1.29 is 13.9 Å². The molecule has 0 saturated carbocycles. The number of carbonyl (C=O) groups is 1. The molecule has 0 atom stereocenters. The van der Waals surface area contributed by atoms with Crippen molar-refractivity contribution in [2.75, 3.05) is 12.4 Å². The molecule has 2 N–H and O–H groups in total. The van der Waals surface area contributed by atoms with Crippen molar-refractivity contribution in [3.05, 3.63) is 56.5 Å². The van der Waals surface area contributed by atoms with Gasteiger partial charge in [0.15, 0.2) is 11.3 Å². The summed E-state index contributed by atoms with van der Waals surface area (Å²) in [4.78, 5) is 25.9. The monoisotopic (exact) mass is 352 g/mol. The number of methoxy groups -OCH3 is 1. The molecule has 0 unspecified atom stereocenters. The van der Waals surface area contributed by atoms with Crippen LogP contribution in [0.5, 0.6) is 5.75 Å². The highest BCUT2D eigenvalue weighted by molar-refractivity contribution is 6.37. The normalized spacial score (nSPS) is 10.7. The van der Waals surface area contributed by atoms with Crippen LogP contribution < -0.4 is 15.8 Å². The molecule has 0 bridgehead atoms. The van der Waals surface area contributed by atoms with E-state index < -0.39 is 11.7 Å². The standard InChI is InChI=1S/C15H10Cl2N2O4/c1-22-13-9(16)4-7(5-10(13)17)14(20)18-8-2-3-12-11(6-8)19-15(21)23-12/h2-6H,1H3,(H,18,20)(H,19,21). The van der Waals surface area contributed by atoms with E-state index in [-0.39, 0.29) is 15.6 Å². The molecule has 0 aliphatic carbocycles. The Labute approximate surface area is 140 Å². The highest BCUT2D eigenvalue weighted by Crippen LogP contribution is 2.34. The summed E-state index contributed by atoms with van der Waals surface area (Å²) in [5.41, 5.74) is 1.66. The van der Waals surface area contributed by atoms with Crippen LogP contribution in [0.25, 0.3) is 11.1 Å². The number of halogens is 2. The zero-order valence-electron chi connectivity index (χ0n) is 11.8. The molecule has 0 spiro atoms. The molecule has 1 amide bonds. The van der Waals surface area contributed by atoms with Crippen LogP contribution in [0.4, 0.5) is 5.69 Å². The average molecular weight is 353 g/mol. The molecule has 1 aromatic heterocycles. The number of nitrogens with one attached hydrogen (secondary N) is 2. The number of oxazole rings is 1. The third kappa shape index (κ3) is 3.04. The van der Waals surface area contributed by atoms with Crippen LogP contribution in [-0.4, -0.2) is 18.0 Å². The molecule has 6 nitrogen and oxygen atoms in total. The van der Waals surface area contributed by atoms with Crippen LogP contribution in [-0.2, 0) is 0 Å². The minimum Gasteiger partial charge on any atom is -0.494 e. The summed E-state index contributed by atoms with van der Waals surface area (Å²) >= 11 is 12.0. The number of aromatic amines is 1. The van der Waals surface area contributed by atoms with Crippen LogP contribution in [0, 0.1) is 0 Å². The lowest BCUT2D eigenvalue weighted by Crippen LogP contribution is -2.12. The van der Waals surface area contributed by atoms with Crippen molar-refractivity contribution in [3.8, 4) is 5.75 Å². The predicted molar refractivity (Wildman–Crippen MR) is 87.8 cm³/mol. The average Bonchev–Trinajstić information content (AvgIpc) is 2.86. The summed E-state index contributed by atoms with van der Waals surface area (Å²) < 4.78 is 9.94. The van der Waals surface area contributed by atoms with Gasteiger partial charge in [0, 0.05) is 11.3 Å². The zero-order chi connectivity index (χ0) is 16.6. The number of fused-ring (bicyclic) bond motifs is 1. The molecule has 0 aliphatic heterocycles. The van der Waals surface area contributed by atoms with E-state index in [1.807, 2.05) is 0 Å². The first-order chi connectivity index (χ1) is 11.0. The van der Waals surface area contributed by atoms with E-state index in [1.165, 1.54) is 19.2 Å². The van der Waals surface area contributed by atoms with Gasteiger partial charge in [-0.15, -0.1) is 0 Å². The summed E-state index contributed by atoms with van der Waals surface area (Å²) in [6, 6.07) is 7.70. The summed E-state index contributed by atoms with van der Waals surface area (Å²) in [6.07, 6.45) is 0. The Balaban J connectivity index is 1.89. The number of amides is 1. The second kappa shape index (κ2) is 5.98. The van der Waals surface area contributed by atoms with Gasteiger partial charge in [-0.1, -0.05) is 23.2 Å². The first-order valence-electron chi connectivity index (χ1n) is 6.45. The van der Waals surface area contributed by atoms with E-state index in [2.05, 4.69) is 10.3 Å². The van der Waals surface area contributed by atoms with Crippen molar-refractivity contribution in [3.63, 3.8) is 0 Å². The SMILES string of the molecule is COc1c(Cl)cc(C(=O)Nc2ccc3oc(=O)[nH]c3c2)cc1Cl. The molecular formula is C15H10Cl2N2O4. The van der Waals surface area contributed by atoms with Gasteiger partial charge in [-0.2, -0.15) is 0 Å². The van der Waals surface area contributed by atoms with E-state index >= 15 is 0 Å². The Hall–Kier alpha value is -2.44. The molecule has 2 aromatic carbocycles. The van der Waals surface area contributed by atoms with Gasteiger partial charge < -0.3 is 14.5 Å². The van der Waals surface area contributed by atoms with Gasteiger partial charge in [-0.3, -0.25) is 9.78 Å². The number of anilines is 1. The molecular weight excluding hydrogens is 343 g/mol. The Morgan fingerprint density at radius 3 is 2.57 bits per heavy atom. The number of hydrogen-bond acceptors (Lipinski definition) is 4. The zero-order valence-corrected chi connectivity index (χ0v) is 13.3. The number of benzene rings is 2. The van der Waals surface area contributed by atoms with Gasteiger partial charge in [-0.25, -0.2) is 4.79 Å². The third-order valence-corrected chi connectivity index (χ3v) is 3.70. The van der Waals surface area contributed by atoms with Gasteiger partial charge >= 0.3 is 5.76 Å². The van der Waals surface area contributed by atoms with Crippen LogP contribution in [0.1, 0.15) is 10.4 Å². The van der Waals surface area contributed by atoms with E-state index in [4.69, 9.17) is 32.4 Å². The molecule has 1 heterocycles. The van der Waals surface area contributed by atoms with Crippen molar-refractivity contribution in [2.45, 2.75) is 0 Å². The number of rotatable bonds is 3. The van der Waals surface area contributed by atoms with Crippen molar-refractivity contribution in [1.29, 1.82) is 0 Å². The number of ether oxygens (including phenoxy) is 1. The van der Waals surface area contributed by atoms with Crippen molar-refractivity contribution in [2.24, 2.45) is 0 Å². The minimum atomic E-state index is -0.558. The first-order valence-corrected chi connectivity index (χ1v) is 7.21. The lowest BCUT2D eigenvalue weighted by molar-refractivity contribution is 0.102. The molecule has 8 heteroatoms. The number of H-pyrrole nitrogens is 1. The maximum Gasteiger partial charge on any atom is 0.417 e. The topological polar surface area (TPSA) is 84.3 Å². The Bertz CT molecular complexity index is 939. The van der Waals surface area contributed by atoms with Gasteiger partial charge in [0.25, 0.3) is 5.91 Å². The van der Waals surface area contributed by atoms with Crippen molar-refractivity contribution >= 4 is 45.9 Å². The van der Waals surface area contributed by atoms with E-state index in [0.717, 1.165) is 0 Å². The van der Waals surface area contributed by atoms with E-state index in [0.29, 0.717) is 22.5 Å². The summed E-state index contributed by atoms with van der Waals surface area (Å²) in [5, 5.41) is 3.16. The second-order valence-corrected chi connectivity index (χ2v) is 5.47. The Morgan fingerprint density at radius 1 is 1.22 bits per heavy atom. The number of carbonyl (C=O) groups excluding carboxylic acids is 1. The highest BCUT2D eigenvalue weighted by Gasteiger charge is 2.14. The molecule has 118 valence electrons. The van der Waals surface area contributed by atoms with Gasteiger partial charge in [0.1, 0.15) is 0 Å². The first kappa shape index (κ1) is 15.5. The van der Waals surface area contributed by atoms with E-state index in [9.17, 15) is 9.59 Å². The summed E-state index contributed by atoms with van der Waals surface area (Å²) in [7, 11) is 1.44. The maximum atomic E-state index is 12.3. The molecule has 3 rings (SSSR count). The predicted octanol–water partition coefficient (Wildman–Crippen LogP) is 3.69. The molecule has 0 fully saturated rings. The molecule has 0 saturated heterocycles. The Morgan fingerprint density at radius 2 is 1.91 bits per heavy atom. The number of aromatic nitrogens is 1. The van der Waals surface area contributed by atoms with Crippen LogP contribution >= 0.6 is 23.2 Å². The maximum absolute atomic E-state index is 12.3. The molecule has 23 heavy (non-hydrogen) atoms. The van der Waals surface area contributed by atoms with Crippen LogP contribution in [0.3, 0.4) is 0 Å². The third-order valence-electron chi connectivity index (χ3n) is 3.14. The quantitative estimate of drug-likeness (QED) is 0.752. The van der Waals surface area contributed by atoms with Crippen LogP contribution in [0.15, 0.2) is 39.5 Å². The van der Waals surface area contributed by atoms with E-state index in [1.54, 1.807) is 18.2 Å². The largest absolute Gasteiger partial charge is 0.494 e. The fraction of sp³-hybridized carbons (Fsp3) is 0.0667. The van der Waals surface area contributed by atoms with Gasteiger partial charge in [0.05, 0.1) is 22.7 Å². The van der Waals surface area contributed by atoms with Crippen LogP contribution in [0.2, 0.25) is 10.0 Å². The molecule has 0 aliphatic rings. The lowest BCUT2D eigenvalue weighted by atomic mass is 10.2. The second-order valence-electron chi connectivity index (χ2n) is 4.65. The fourth-order valence-corrected chi connectivity index (χ4v) is 2.76. The number of hydrogen-bond donors (Lipinski definition) is 2. The Kier molecular flexibility index (Phi) is 4.02.